The van der Waals surface area contributed by atoms with Gasteiger partial charge in [-0.2, -0.15) is 0 Å². The molecule has 0 aromatic heterocycles. The summed E-state index contributed by atoms with van der Waals surface area (Å²) in [4.78, 5) is 48.6. The number of carbonyl (C=O) groups excluding carboxylic acids is 4. The lowest BCUT2D eigenvalue weighted by Crippen LogP contribution is -2.35. The number of aliphatic hydroxyl groups excluding tert-OH is 6. The van der Waals surface area contributed by atoms with Gasteiger partial charge in [0.15, 0.2) is 18.3 Å². The summed E-state index contributed by atoms with van der Waals surface area (Å²) in [7, 11) is 0. The normalized spacial score (nSPS) is 14.5. The number of anilines is 2. The van der Waals surface area contributed by atoms with Gasteiger partial charge in [-0.05, 0) is 67.8 Å². The maximum absolute atomic E-state index is 12.2. The SMILES string of the molecule is NC(=O)C(OC(=O)C(O)CO)c1c(I)c(NC(=O)C(O)CO)c(I)c(NC(=O)C(O)CO)c1I. The Morgan fingerprint density at radius 3 is 1.47 bits per heavy atom. The molecule has 10 N–H and O–H groups in total. The van der Waals surface area contributed by atoms with Gasteiger partial charge in [-0.15, -0.1) is 0 Å². The minimum Gasteiger partial charge on any atom is -0.445 e. The second-order valence-electron chi connectivity index (χ2n) is 6.40. The first kappa shape index (κ1) is 31.1. The Kier molecular flexibility index (Phi) is 12.8. The fourth-order valence-electron chi connectivity index (χ4n) is 2.24. The fraction of sp³-hybridized carbons (Fsp3) is 0.412. The molecule has 1 rings (SSSR count). The minimum absolute atomic E-state index is 0.0701. The van der Waals surface area contributed by atoms with Crippen molar-refractivity contribution in [2.45, 2.75) is 24.4 Å². The van der Waals surface area contributed by atoms with E-state index in [-0.39, 0.29) is 27.6 Å². The van der Waals surface area contributed by atoms with Gasteiger partial charge in [0.25, 0.3) is 17.7 Å². The van der Waals surface area contributed by atoms with Crippen molar-refractivity contribution in [3.63, 3.8) is 0 Å². The maximum atomic E-state index is 12.2. The quantitative estimate of drug-likeness (QED) is 0.0835. The van der Waals surface area contributed by atoms with E-state index in [1.165, 1.54) is 0 Å². The largest absolute Gasteiger partial charge is 0.445 e. The van der Waals surface area contributed by atoms with Crippen molar-refractivity contribution < 1.29 is 54.6 Å². The number of nitrogens with two attached hydrogens (primary N) is 1. The van der Waals surface area contributed by atoms with Crippen molar-refractivity contribution in [2.75, 3.05) is 30.5 Å². The summed E-state index contributed by atoms with van der Waals surface area (Å²) in [6.45, 7) is -2.84. The van der Waals surface area contributed by atoms with Gasteiger partial charge in [0.1, 0.15) is 0 Å². The number of hydrogen-bond acceptors (Lipinski definition) is 11. The fourth-order valence-corrected chi connectivity index (χ4v) is 6.51. The lowest BCUT2D eigenvalue weighted by atomic mass is 10.1. The van der Waals surface area contributed by atoms with Crippen LogP contribution in [0.2, 0.25) is 0 Å². The number of primary amides is 1. The number of ether oxygens (including phenoxy) is 1. The van der Waals surface area contributed by atoms with E-state index in [2.05, 4.69) is 10.6 Å². The van der Waals surface area contributed by atoms with Crippen LogP contribution in [-0.4, -0.2) is 92.5 Å². The summed E-state index contributed by atoms with van der Waals surface area (Å²) in [5, 5.41) is 60.4. The average molecular weight is 823 g/mol. The number of rotatable bonds is 11. The summed E-state index contributed by atoms with van der Waals surface area (Å²) >= 11 is 5.05. The zero-order valence-electron chi connectivity index (χ0n) is 16.9. The molecule has 4 atom stereocenters. The third-order valence-electron chi connectivity index (χ3n) is 4.00. The number of amides is 3. The van der Waals surface area contributed by atoms with E-state index in [1.807, 2.05) is 0 Å². The molecule has 17 heteroatoms. The van der Waals surface area contributed by atoms with Gasteiger partial charge in [-0.3, -0.25) is 14.4 Å². The van der Waals surface area contributed by atoms with Crippen LogP contribution in [0.15, 0.2) is 0 Å². The smallest absolute Gasteiger partial charge is 0.338 e. The van der Waals surface area contributed by atoms with E-state index in [0.717, 1.165) is 0 Å². The molecule has 0 saturated carbocycles. The highest BCUT2D eigenvalue weighted by Gasteiger charge is 2.34. The Hall–Kier alpha value is -0.950. The van der Waals surface area contributed by atoms with Crippen LogP contribution < -0.4 is 16.4 Å². The number of aliphatic hydroxyl groups is 6. The van der Waals surface area contributed by atoms with Crippen LogP contribution in [0.4, 0.5) is 11.4 Å². The number of nitrogens with one attached hydrogen (secondary N) is 2. The van der Waals surface area contributed by atoms with Crippen molar-refractivity contribution >= 4 is 103 Å². The molecule has 0 heterocycles. The van der Waals surface area contributed by atoms with Gasteiger partial charge in [0, 0.05) is 12.7 Å². The molecule has 0 bridgehead atoms. The first-order valence-corrected chi connectivity index (χ1v) is 12.2. The summed E-state index contributed by atoms with van der Waals surface area (Å²) < 4.78 is 5.25. The highest BCUT2D eigenvalue weighted by molar-refractivity contribution is 14.1. The van der Waals surface area contributed by atoms with Gasteiger partial charge in [-0.25, -0.2) is 4.79 Å². The predicted octanol–water partition coefficient (Wildman–Crippen LogP) is -2.49. The molecule has 4 unspecified atom stereocenters. The van der Waals surface area contributed by atoms with E-state index >= 15 is 0 Å². The second-order valence-corrected chi connectivity index (χ2v) is 9.63. The van der Waals surface area contributed by atoms with Gasteiger partial charge in [0.2, 0.25) is 6.10 Å². The Balaban J connectivity index is 3.80. The number of esters is 1. The van der Waals surface area contributed by atoms with Gasteiger partial charge >= 0.3 is 5.97 Å². The van der Waals surface area contributed by atoms with Crippen LogP contribution in [0.25, 0.3) is 0 Å². The molecule has 14 nitrogen and oxygen atoms in total. The van der Waals surface area contributed by atoms with Crippen LogP contribution in [0, 0.1) is 10.7 Å². The zero-order chi connectivity index (χ0) is 26.3. The van der Waals surface area contributed by atoms with Crippen LogP contribution in [0.5, 0.6) is 0 Å². The third kappa shape index (κ3) is 7.52. The molecule has 0 aliphatic heterocycles. The molecular formula is C17H20I3N3O11. The average Bonchev–Trinajstić information content (AvgIpc) is 2.81. The lowest BCUT2D eigenvalue weighted by molar-refractivity contribution is -0.165. The molecular weight excluding hydrogens is 803 g/mol. The Bertz CT molecular complexity index is 911. The summed E-state index contributed by atoms with van der Waals surface area (Å²) in [5.74, 6) is -4.71. The third-order valence-corrected chi connectivity index (χ3v) is 7.32. The van der Waals surface area contributed by atoms with Crippen LogP contribution in [0.3, 0.4) is 0 Å². The molecule has 190 valence electrons. The Morgan fingerprint density at radius 2 is 1.15 bits per heavy atom. The first-order chi connectivity index (χ1) is 15.8. The minimum atomic E-state index is -1.99. The summed E-state index contributed by atoms with van der Waals surface area (Å²) in [5.41, 5.74) is 5.06. The van der Waals surface area contributed by atoms with Crippen LogP contribution in [0.1, 0.15) is 11.7 Å². The molecule has 34 heavy (non-hydrogen) atoms. The van der Waals surface area contributed by atoms with E-state index in [1.54, 1.807) is 67.8 Å². The highest BCUT2D eigenvalue weighted by Crippen LogP contribution is 2.42. The van der Waals surface area contributed by atoms with Crippen molar-refractivity contribution in [3.8, 4) is 0 Å². The highest BCUT2D eigenvalue weighted by atomic mass is 127. The van der Waals surface area contributed by atoms with Crippen molar-refractivity contribution in [1.29, 1.82) is 0 Å². The van der Waals surface area contributed by atoms with E-state index < -0.39 is 67.9 Å². The zero-order valence-corrected chi connectivity index (χ0v) is 23.3. The maximum Gasteiger partial charge on any atom is 0.338 e. The number of hydrogen-bond donors (Lipinski definition) is 9. The van der Waals surface area contributed by atoms with Gasteiger partial charge in [-0.1, -0.05) is 0 Å². The molecule has 0 fully saturated rings. The first-order valence-electron chi connectivity index (χ1n) is 9.00. The van der Waals surface area contributed by atoms with Crippen LogP contribution in [-0.2, 0) is 23.9 Å². The number of carbonyl (C=O) groups is 4. The molecule has 3 amide bonds. The monoisotopic (exact) mass is 823 g/mol. The Morgan fingerprint density at radius 1 is 0.765 bits per heavy atom. The summed E-state index contributed by atoms with van der Waals surface area (Å²) in [6.07, 6.45) is -7.51. The molecule has 0 aliphatic rings. The molecule has 0 radical (unpaired) electrons. The van der Waals surface area contributed by atoms with Gasteiger partial charge < -0.3 is 51.7 Å². The molecule has 1 aromatic rings. The standard InChI is InChI=1S/C17H20I3N3O11/c18-8-7(13(14(21)30)34-17(33)6(29)3-26)9(19)12(23-16(32)5(28)2-25)10(20)11(8)22-15(31)4(27)1-24/h4-6,13,24-29H,1-3H2,(H2,21,30)(H,22,31)(H,23,32). The Labute approximate surface area is 232 Å². The van der Waals surface area contributed by atoms with Crippen LogP contribution >= 0.6 is 67.8 Å². The molecule has 0 saturated heterocycles. The van der Waals surface area contributed by atoms with E-state index in [4.69, 9.17) is 25.8 Å². The topological polar surface area (TPSA) is 249 Å². The van der Waals surface area contributed by atoms with Crippen molar-refractivity contribution in [3.05, 3.63) is 16.3 Å². The summed E-state index contributed by atoms with van der Waals surface area (Å²) in [6, 6.07) is 0. The van der Waals surface area contributed by atoms with Gasteiger partial charge in [0.05, 0.1) is 34.8 Å². The van der Waals surface area contributed by atoms with Crippen molar-refractivity contribution in [1.82, 2.24) is 0 Å². The predicted molar refractivity (Wildman–Crippen MR) is 139 cm³/mol. The molecule has 0 aliphatic carbocycles. The van der Waals surface area contributed by atoms with E-state index in [0.29, 0.717) is 0 Å². The van der Waals surface area contributed by atoms with Crippen molar-refractivity contribution in [2.24, 2.45) is 5.73 Å². The number of benzene rings is 1. The second kappa shape index (κ2) is 14.0. The number of halogens is 3. The van der Waals surface area contributed by atoms with E-state index in [9.17, 15) is 34.5 Å². The molecule has 0 spiro atoms. The lowest BCUT2D eigenvalue weighted by Gasteiger charge is -2.25. The molecule has 1 aromatic carbocycles.